The highest BCUT2D eigenvalue weighted by Gasteiger charge is 2.35. The first-order valence-electron chi connectivity index (χ1n) is 6.93. The summed E-state index contributed by atoms with van der Waals surface area (Å²) >= 11 is 0. The standard InChI is InChI=1S/C14H22O4/c1-3-16-14(15)13-10(2)17-11-8-6-4-5-7-9-12(11)18-13/h11-12H,3-9H2,1-2H3/t11-,12+/m1/s1. The van der Waals surface area contributed by atoms with Crippen molar-refractivity contribution in [1.29, 1.82) is 0 Å². The normalized spacial score (nSPS) is 28.3. The van der Waals surface area contributed by atoms with Crippen molar-refractivity contribution < 1.29 is 19.0 Å². The molecule has 4 heteroatoms. The summed E-state index contributed by atoms with van der Waals surface area (Å²) in [4.78, 5) is 11.8. The fraction of sp³-hybridized carbons (Fsp3) is 0.786. The SMILES string of the molecule is CCOC(=O)C1=C(C)O[C@@H]2CCCCCC[C@@H]2O1. The molecule has 0 saturated heterocycles. The second kappa shape index (κ2) is 6.12. The summed E-state index contributed by atoms with van der Waals surface area (Å²) in [5, 5.41) is 0. The topological polar surface area (TPSA) is 44.8 Å². The number of ether oxygens (including phenoxy) is 3. The smallest absolute Gasteiger partial charge is 0.377 e. The van der Waals surface area contributed by atoms with Crippen molar-refractivity contribution >= 4 is 5.97 Å². The quantitative estimate of drug-likeness (QED) is 0.711. The van der Waals surface area contributed by atoms with E-state index in [0.29, 0.717) is 12.4 Å². The fourth-order valence-corrected chi connectivity index (χ4v) is 2.59. The number of hydrogen-bond acceptors (Lipinski definition) is 4. The summed E-state index contributed by atoms with van der Waals surface area (Å²) in [6, 6.07) is 0. The zero-order chi connectivity index (χ0) is 13.0. The van der Waals surface area contributed by atoms with Crippen molar-refractivity contribution in [3.05, 3.63) is 11.5 Å². The van der Waals surface area contributed by atoms with Crippen LogP contribution < -0.4 is 0 Å². The molecule has 18 heavy (non-hydrogen) atoms. The summed E-state index contributed by atoms with van der Waals surface area (Å²) in [6.45, 7) is 3.92. The van der Waals surface area contributed by atoms with Gasteiger partial charge in [-0.3, -0.25) is 0 Å². The van der Waals surface area contributed by atoms with Crippen LogP contribution in [0.25, 0.3) is 0 Å². The molecule has 0 N–H and O–H groups in total. The Balaban J connectivity index is 2.08. The predicted octanol–water partition coefficient (Wildman–Crippen LogP) is 2.92. The molecule has 2 atom stereocenters. The molecule has 1 heterocycles. The van der Waals surface area contributed by atoms with Crippen LogP contribution in [0, 0.1) is 0 Å². The van der Waals surface area contributed by atoms with Crippen LogP contribution in [0.3, 0.4) is 0 Å². The van der Waals surface area contributed by atoms with Gasteiger partial charge in [-0.15, -0.1) is 0 Å². The Hall–Kier alpha value is -1.19. The van der Waals surface area contributed by atoms with E-state index in [1.54, 1.807) is 13.8 Å². The van der Waals surface area contributed by atoms with E-state index in [2.05, 4.69) is 0 Å². The minimum atomic E-state index is -0.407. The van der Waals surface area contributed by atoms with Crippen molar-refractivity contribution in [2.45, 2.75) is 64.6 Å². The molecule has 0 spiro atoms. The van der Waals surface area contributed by atoms with Gasteiger partial charge in [0.1, 0.15) is 18.0 Å². The lowest BCUT2D eigenvalue weighted by Crippen LogP contribution is -2.38. The van der Waals surface area contributed by atoms with Gasteiger partial charge in [0.2, 0.25) is 5.76 Å². The summed E-state index contributed by atoms with van der Waals surface area (Å²) in [5.74, 6) is 0.421. The maximum absolute atomic E-state index is 11.8. The minimum absolute atomic E-state index is 0.00778. The van der Waals surface area contributed by atoms with E-state index >= 15 is 0 Å². The van der Waals surface area contributed by atoms with E-state index in [1.807, 2.05) is 0 Å². The van der Waals surface area contributed by atoms with E-state index in [-0.39, 0.29) is 18.0 Å². The molecule has 0 radical (unpaired) electrons. The van der Waals surface area contributed by atoms with Crippen LogP contribution in [0.1, 0.15) is 52.4 Å². The van der Waals surface area contributed by atoms with E-state index in [9.17, 15) is 4.79 Å². The number of carbonyl (C=O) groups is 1. The average Bonchev–Trinajstić information content (AvgIpc) is 2.31. The van der Waals surface area contributed by atoms with Gasteiger partial charge in [-0.1, -0.05) is 12.8 Å². The van der Waals surface area contributed by atoms with Crippen molar-refractivity contribution in [2.75, 3.05) is 6.61 Å². The molecule has 1 saturated carbocycles. The Morgan fingerprint density at radius 2 is 1.78 bits per heavy atom. The number of hydrogen-bond donors (Lipinski definition) is 0. The Morgan fingerprint density at radius 1 is 1.17 bits per heavy atom. The Labute approximate surface area is 108 Å². The molecule has 4 nitrogen and oxygen atoms in total. The molecule has 0 aromatic heterocycles. The number of allylic oxidation sites excluding steroid dienone is 1. The maximum atomic E-state index is 11.8. The highest BCUT2D eigenvalue weighted by atomic mass is 16.6. The fourth-order valence-electron chi connectivity index (χ4n) is 2.59. The Bertz CT molecular complexity index is 335. The van der Waals surface area contributed by atoms with Crippen LogP contribution in [0.15, 0.2) is 11.5 Å². The van der Waals surface area contributed by atoms with Crippen LogP contribution in [-0.4, -0.2) is 24.8 Å². The predicted molar refractivity (Wildman–Crippen MR) is 66.8 cm³/mol. The first-order valence-corrected chi connectivity index (χ1v) is 6.93. The first-order chi connectivity index (χ1) is 8.72. The molecular weight excluding hydrogens is 232 g/mol. The van der Waals surface area contributed by atoms with Crippen molar-refractivity contribution in [2.24, 2.45) is 0 Å². The lowest BCUT2D eigenvalue weighted by molar-refractivity contribution is -0.151. The second-order valence-electron chi connectivity index (χ2n) is 4.91. The number of fused-ring (bicyclic) bond motifs is 1. The summed E-state index contributed by atoms with van der Waals surface area (Å²) < 4.78 is 16.7. The second-order valence-corrected chi connectivity index (χ2v) is 4.91. The molecule has 0 aromatic rings. The zero-order valence-corrected chi connectivity index (χ0v) is 11.2. The molecule has 1 aliphatic heterocycles. The van der Waals surface area contributed by atoms with Gasteiger partial charge in [0, 0.05) is 0 Å². The number of rotatable bonds is 2. The van der Waals surface area contributed by atoms with Crippen molar-refractivity contribution in [3.63, 3.8) is 0 Å². The monoisotopic (exact) mass is 254 g/mol. The van der Waals surface area contributed by atoms with Crippen LogP contribution >= 0.6 is 0 Å². The molecule has 0 unspecified atom stereocenters. The third-order valence-electron chi connectivity index (χ3n) is 3.52. The highest BCUT2D eigenvalue weighted by molar-refractivity contribution is 5.86. The molecule has 102 valence electrons. The lowest BCUT2D eigenvalue weighted by Gasteiger charge is -2.35. The lowest BCUT2D eigenvalue weighted by atomic mass is 9.95. The third kappa shape index (κ3) is 2.98. The molecule has 0 aromatic carbocycles. The van der Waals surface area contributed by atoms with E-state index in [0.717, 1.165) is 19.3 Å². The van der Waals surface area contributed by atoms with Gasteiger partial charge in [0.15, 0.2) is 0 Å². The molecule has 1 fully saturated rings. The maximum Gasteiger partial charge on any atom is 0.377 e. The molecule has 2 rings (SSSR count). The van der Waals surface area contributed by atoms with Crippen LogP contribution in [0.4, 0.5) is 0 Å². The average molecular weight is 254 g/mol. The van der Waals surface area contributed by atoms with E-state index < -0.39 is 5.97 Å². The molecule has 1 aliphatic carbocycles. The van der Waals surface area contributed by atoms with Gasteiger partial charge < -0.3 is 14.2 Å². The Morgan fingerprint density at radius 3 is 2.39 bits per heavy atom. The molecule has 2 aliphatic rings. The summed E-state index contributed by atoms with van der Waals surface area (Å²) in [5.41, 5.74) is 0. The van der Waals surface area contributed by atoms with Crippen LogP contribution in [0.2, 0.25) is 0 Å². The van der Waals surface area contributed by atoms with E-state index in [4.69, 9.17) is 14.2 Å². The van der Waals surface area contributed by atoms with Gasteiger partial charge in [-0.2, -0.15) is 0 Å². The molecule has 0 bridgehead atoms. The van der Waals surface area contributed by atoms with Gasteiger partial charge in [0.05, 0.1) is 6.61 Å². The van der Waals surface area contributed by atoms with Gasteiger partial charge in [-0.25, -0.2) is 4.79 Å². The molecular formula is C14H22O4. The third-order valence-corrected chi connectivity index (χ3v) is 3.52. The van der Waals surface area contributed by atoms with E-state index in [1.165, 1.54) is 19.3 Å². The minimum Gasteiger partial charge on any atom is -0.487 e. The highest BCUT2D eigenvalue weighted by Crippen LogP contribution is 2.31. The van der Waals surface area contributed by atoms with Gasteiger partial charge >= 0.3 is 5.97 Å². The number of esters is 1. The van der Waals surface area contributed by atoms with Crippen LogP contribution in [-0.2, 0) is 19.0 Å². The van der Waals surface area contributed by atoms with Gasteiger partial charge in [0.25, 0.3) is 0 Å². The zero-order valence-electron chi connectivity index (χ0n) is 11.2. The summed E-state index contributed by atoms with van der Waals surface area (Å²) in [7, 11) is 0. The number of carbonyl (C=O) groups excluding carboxylic acids is 1. The van der Waals surface area contributed by atoms with Crippen molar-refractivity contribution in [3.8, 4) is 0 Å². The molecule has 0 amide bonds. The Kier molecular flexibility index (Phi) is 4.50. The largest absolute Gasteiger partial charge is 0.487 e. The van der Waals surface area contributed by atoms with Crippen LogP contribution in [0.5, 0.6) is 0 Å². The summed E-state index contributed by atoms with van der Waals surface area (Å²) in [6.07, 6.45) is 6.90. The first kappa shape index (κ1) is 13.2. The van der Waals surface area contributed by atoms with Crippen molar-refractivity contribution in [1.82, 2.24) is 0 Å². The van der Waals surface area contributed by atoms with Gasteiger partial charge in [-0.05, 0) is 39.5 Å².